The lowest BCUT2D eigenvalue weighted by molar-refractivity contribution is 0.0179. The molecule has 0 aromatic heterocycles. The minimum atomic E-state index is -0.421. The molecule has 1 N–H and O–H groups in total. The largest absolute Gasteiger partial charge is 0.444 e. The van der Waals surface area contributed by atoms with E-state index in [-0.39, 0.29) is 6.09 Å². The SMILES string of the molecule is CC(Nc1ccccc1)C1CCN(C(=O)OC(C)(C)C)CC1. The molecule has 1 aromatic rings. The van der Waals surface area contributed by atoms with Crippen LogP contribution in [0.4, 0.5) is 10.5 Å². The first-order valence-electron chi connectivity index (χ1n) is 8.14. The highest BCUT2D eigenvalue weighted by Gasteiger charge is 2.29. The van der Waals surface area contributed by atoms with E-state index in [4.69, 9.17) is 4.74 Å². The Bertz CT molecular complexity index is 474. The van der Waals surface area contributed by atoms with Crippen molar-refractivity contribution in [2.24, 2.45) is 5.92 Å². The first kappa shape index (κ1) is 16.7. The maximum Gasteiger partial charge on any atom is 0.410 e. The summed E-state index contributed by atoms with van der Waals surface area (Å²) in [6, 6.07) is 10.7. The van der Waals surface area contributed by atoms with Gasteiger partial charge >= 0.3 is 6.09 Å². The molecular weight excluding hydrogens is 276 g/mol. The summed E-state index contributed by atoms with van der Waals surface area (Å²) in [5, 5.41) is 3.56. The third-order valence-corrected chi connectivity index (χ3v) is 4.07. The fourth-order valence-electron chi connectivity index (χ4n) is 2.82. The van der Waals surface area contributed by atoms with Gasteiger partial charge in [-0.1, -0.05) is 18.2 Å². The molecule has 1 aromatic carbocycles. The molecule has 4 nitrogen and oxygen atoms in total. The zero-order valence-electron chi connectivity index (χ0n) is 14.1. The van der Waals surface area contributed by atoms with Gasteiger partial charge in [-0.15, -0.1) is 0 Å². The number of hydrogen-bond donors (Lipinski definition) is 1. The van der Waals surface area contributed by atoms with Crippen LogP contribution in [0.2, 0.25) is 0 Å². The quantitative estimate of drug-likeness (QED) is 0.912. The number of carbonyl (C=O) groups excluding carboxylic acids is 1. The lowest BCUT2D eigenvalue weighted by Gasteiger charge is -2.36. The van der Waals surface area contributed by atoms with Gasteiger partial charge in [0, 0.05) is 24.8 Å². The average molecular weight is 304 g/mol. The van der Waals surface area contributed by atoms with Crippen molar-refractivity contribution in [2.75, 3.05) is 18.4 Å². The summed E-state index contributed by atoms with van der Waals surface area (Å²) in [5.41, 5.74) is 0.736. The molecule has 1 aliphatic rings. The first-order chi connectivity index (χ1) is 10.3. The third kappa shape index (κ3) is 4.93. The minimum Gasteiger partial charge on any atom is -0.444 e. The maximum atomic E-state index is 12.1. The molecule has 1 unspecified atom stereocenters. The molecule has 0 radical (unpaired) electrons. The number of rotatable bonds is 3. The van der Waals surface area contributed by atoms with Crippen molar-refractivity contribution in [1.29, 1.82) is 0 Å². The van der Waals surface area contributed by atoms with E-state index in [0.717, 1.165) is 31.6 Å². The Morgan fingerprint density at radius 1 is 1.23 bits per heavy atom. The molecule has 0 bridgehead atoms. The molecular formula is C18H28N2O2. The summed E-state index contributed by atoms with van der Waals surface area (Å²) in [5.74, 6) is 0.582. The minimum absolute atomic E-state index is 0.186. The van der Waals surface area contributed by atoms with Gasteiger partial charge in [-0.05, 0) is 58.6 Å². The number of carbonyl (C=O) groups is 1. The summed E-state index contributed by atoms with van der Waals surface area (Å²) >= 11 is 0. The highest BCUT2D eigenvalue weighted by molar-refractivity contribution is 5.68. The number of nitrogens with zero attached hydrogens (tertiary/aromatic N) is 1. The monoisotopic (exact) mass is 304 g/mol. The lowest BCUT2D eigenvalue weighted by atomic mass is 9.90. The summed E-state index contributed by atoms with van der Waals surface area (Å²) < 4.78 is 5.44. The number of benzene rings is 1. The van der Waals surface area contributed by atoms with Gasteiger partial charge in [0.1, 0.15) is 5.60 Å². The fraction of sp³-hybridized carbons (Fsp3) is 0.611. The Hall–Kier alpha value is -1.71. The highest BCUT2D eigenvalue weighted by atomic mass is 16.6. The fourth-order valence-corrected chi connectivity index (χ4v) is 2.82. The van der Waals surface area contributed by atoms with Crippen molar-refractivity contribution in [1.82, 2.24) is 4.90 Å². The second kappa shape index (κ2) is 7.03. The molecule has 1 fully saturated rings. The summed E-state index contributed by atoms with van der Waals surface area (Å²) in [4.78, 5) is 13.9. The van der Waals surface area contributed by atoms with E-state index in [1.54, 1.807) is 0 Å². The summed E-state index contributed by atoms with van der Waals surface area (Å²) in [7, 11) is 0. The second-order valence-electron chi connectivity index (χ2n) is 7.10. The normalized spacial score (nSPS) is 17.9. The standard InChI is InChI=1S/C18H28N2O2/c1-14(19-16-8-6-5-7-9-16)15-10-12-20(13-11-15)17(21)22-18(2,3)4/h5-9,14-15,19H,10-13H2,1-4H3. The van der Waals surface area contributed by atoms with Crippen LogP contribution in [0.5, 0.6) is 0 Å². The molecule has 1 amide bonds. The van der Waals surface area contributed by atoms with E-state index >= 15 is 0 Å². The Kier molecular flexibility index (Phi) is 5.33. The zero-order valence-corrected chi connectivity index (χ0v) is 14.1. The van der Waals surface area contributed by atoms with E-state index in [0.29, 0.717) is 12.0 Å². The first-order valence-corrected chi connectivity index (χ1v) is 8.14. The van der Waals surface area contributed by atoms with Crippen LogP contribution in [0, 0.1) is 5.92 Å². The van der Waals surface area contributed by atoms with Crippen LogP contribution in [0.25, 0.3) is 0 Å². The van der Waals surface area contributed by atoms with E-state index < -0.39 is 5.60 Å². The number of amides is 1. The second-order valence-corrected chi connectivity index (χ2v) is 7.10. The van der Waals surface area contributed by atoms with Gasteiger partial charge in [-0.3, -0.25) is 0 Å². The molecule has 2 rings (SSSR count). The third-order valence-electron chi connectivity index (χ3n) is 4.07. The van der Waals surface area contributed by atoms with Gasteiger partial charge in [0.25, 0.3) is 0 Å². The van der Waals surface area contributed by atoms with Crippen LogP contribution in [0.1, 0.15) is 40.5 Å². The Morgan fingerprint density at radius 2 is 1.82 bits per heavy atom. The smallest absolute Gasteiger partial charge is 0.410 e. The Balaban J connectivity index is 1.80. The molecule has 0 saturated carbocycles. The van der Waals surface area contributed by atoms with Crippen molar-refractivity contribution in [3.05, 3.63) is 30.3 Å². The summed E-state index contributed by atoms with van der Waals surface area (Å²) in [6.07, 6.45) is 1.84. The van der Waals surface area contributed by atoms with Crippen LogP contribution < -0.4 is 5.32 Å². The van der Waals surface area contributed by atoms with E-state index in [9.17, 15) is 4.79 Å². The Morgan fingerprint density at radius 3 is 2.36 bits per heavy atom. The zero-order chi connectivity index (χ0) is 16.2. The highest BCUT2D eigenvalue weighted by Crippen LogP contribution is 2.24. The number of anilines is 1. The molecule has 0 spiro atoms. The molecule has 1 aliphatic heterocycles. The van der Waals surface area contributed by atoms with E-state index in [1.807, 2.05) is 43.9 Å². The predicted molar refractivity (Wildman–Crippen MR) is 90.1 cm³/mol. The molecule has 1 atom stereocenters. The van der Waals surface area contributed by atoms with Gasteiger partial charge in [0.15, 0.2) is 0 Å². The molecule has 1 saturated heterocycles. The Labute approximate surface area is 133 Å². The van der Waals surface area contributed by atoms with E-state index in [2.05, 4.69) is 24.4 Å². The van der Waals surface area contributed by atoms with Crippen molar-refractivity contribution in [3.8, 4) is 0 Å². The number of para-hydroxylation sites is 1. The van der Waals surface area contributed by atoms with Crippen LogP contribution in [0.3, 0.4) is 0 Å². The van der Waals surface area contributed by atoms with Crippen LogP contribution in [0.15, 0.2) is 30.3 Å². The van der Waals surface area contributed by atoms with Gasteiger partial charge < -0.3 is 15.0 Å². The van der Waals surface area contributed by atoms with Crippen LogP contribution in [-0.4, -0.2) is 35.7 Å². The molecule has 122 valence electrons. The van der Waals surface area contributed by atoms with E-state index in [1.165, 1.54) is 0 Å². The average Bonchev–Trinajstić information content (AvgIpc) is 2.46. The van der Waals surface area contributed by atoms with Crippen molar-refractivity contribution in [3.63, 3.8) is 0 Å². The summed E-state index contributed by atoms with van der Waals surface area (Å²) in [6.45, 7) is 9.50. The number of hydrogen-bond acceptors (Lipinski definition) is 3. The van der Waals surface area contributed by atoms with Crippen molar-refractivity contribution in [2.45, 2.75) is 52.2 Å². The predicted octanol–water partition coefficient (Wildman–Crippen LogP) is 4.13. The molecule has 0 aliphatic carbocycles. The molecule has 4 heteroatoms. The number of ether oxygens (including phenoxy) is 1. The topological polar surface area (TPSA) is 41.6 Å². The van der Waals surface area contributed by atoms with Crippen LogP contribution in [-0.2, 0) is 4.74 Å². The number of piperidine rings is 1. The van der Waals surface area contributed by atoms with Gasteiger partial charge in [-0.25, -0.2) is 4.79 Å². The van der Waals surface area contributed by atoms with Crippen LogP contribution >= 0.6 is 0 Å². The molecule has 22 heavy (non-hydrogen) atoms. The van der Waals surface area contributed by atoms with Gasteiger partial charge in [0.2, 0.25) is 0 Å². The lowest BCUT2D eigenvalue weighted by Crippen LogP contribution is -2.44. The molecule has 1 heterocycles. The van der Waals surface area contributed by atoms with Gasteiger partial charge in [-0.2, -0.15) is 0 Å². The van der Waals surface area contributed by atoms with Crippen molar-refractivity contribution >= 4 is 11.8 Å². The number of nitrogens with one attached hydrogen (secondary N) is 1. The number of likely N-dealkylation sites (tertiary alicyclic amines) is 1. The van der Waals surface area contributed by atoms with Gasteiger partial charge in [0.05, 0.1) is 0 Å². The maximum absolute atomic E-state index is 12.1. The van der Waals surface area contributed by atoms with Crippen molar-refractivity contribution < 1.29 is 9.53 Å².